The number of hydrogen-bond acceptors (Lipinski definition) is 4. The quantitative estimate of drug-likeness (QED) is 0.868. The molecule has 1 fully saturated rings. The van der Waals surface area contributed by atoms with Crippen molar-refractivity contribution < 1.29 is 22.7 Å². The third kappa shape index (κ3) is 5.05. The van der Waals surface area contributed by atoms with E-state index in [4.69, 9.17) is 4.74 Å². The molecule has 5 nitrogen and oxygen atoms in total. The Kier molecular flexibility index (Phi) is 6.08. The van der Waals surface area contributed by atoms with Gasteiger partial charge in [0.25, 0.3) is 5.91 Å². The first-order valence-electron chi connectivity index (χ1n) is 8.62. The molecule has 0 aliphatic carbocycles. The van der Waals surface area contributed by atoms with Gasteiger partial charge in [-0.1, -0.05) is 12.1 Å². The summed E-state index contributed by atoms with van der Waals surface area (Å²) in [6.07, 6.45) is -1.33. The minimum atomic E-state index is -4.37. The molecule has 27 heavy (non-hydrogen) atoms. The summed E-state index contributed by atoms with van der Waals surface area (Å²) < 4.78 is 43.8. The first kappa shape index (κ1) is 19.3. The molecule has 2 heterocycles. The molecule has 2 aromatic rings. The number of carbonyl (C=O) groups is 1. The lowest BCUT2D eigenvalue weighted by molar-refractivity contribution is -0.137. The molecule has 1 amide bonds. The molecule has 1 aromatic heterocycles. The molecule has 0 saturated carbocycles. The molecule has 3 rings (SSSR count). The third-order valence-corrected chi connectivity index (χ3v) is 4.49. The number of aromatic nitrogens is 1. The van der Waals surface area contributed by atoms with Crippen LogP contribution in [-0.4, -0.2) is 48.6 Å². The third-order valence-electron chi connectivity index (χ3n) is 4.49. The largest absolute Gasteiger partial charge is 0.416 e. The molecular formula is C19H20F3N3O2. The van der Waals surface area contributed by atoms with E-state index in [1.807, 2.05) is 0 Å². The number of nitrogens with one attached hydrogen (secondary N) is 1. The van der Waals surface area contributed by atoms with Gasteiger partial charge in [-0.2, -0.15) is 13.2 Å². The molecule has 0 spiro atoms. The molecule has 1 saturated heterocycles. The van der Waals surface area contributed by atoms with Gasteiger partial charge in [-0.3, -0.25) is 14.7 Å². The van der Waals surface area contributed by atoms with Crippen LogP contribution >= 0.6 is 0 Å². The van der Waals surface area contributed by atoms with E-state index < -0.39 is 11.7 Å². The van der Waals surface area contributed by atoms with Crippen LogP contribution in [0.3, 0.4) is 0 Å². The van der Waals surface area contributed by atoms with Gasteiger partial charge in [-0.25, -0.2) is 0 Å². The number of hydrogen-bond donors (Lipinski definition) is 1. The fraction of sp³-hybridized carbons (Fsp3) is 0.368. The summed E-state index contributed by atoms with van der Waals surface area (Å²) in [5, 5.41) is 2.86. The molecule has 0 unspecified atom stereocenters. The topological polar surface area (TPSA) is 54.5 Å². The summed E-state index contributed by atoms with van der Waals surface area (Å²) in [5.74, 6) is -0.270. The summed E-state index contributed by atoms with van der Waals surface area (Å²) in [7, 11) is 0. The number of carbonyl (C=O) groups excluding carboxylic acids is 1. The maximum Gasteiger partial charge on any atom is 0.416 e. The Labute approximate surface area is 155 Å². The van der Waals surface area contributed by atoms with Gasteiger partial charge in [-0.05, 0) is 29.8 Å². The zero-order chi connectivity index (χ0) is 19.3. The number of ether oxygens (including phenoxy) is 1. The van der Waals surface area contributed by atoms with Crippen LogP contribution in [0.1, 0.15) is 27.5 Å². The SMILES string of the molecule is O=C(NC[C@@H](c1ccc(C(F)(F)F)cc1)N1CCOCC1)c1cccnc1. The average molecular weight is 379 g/mol. The maximum absolute atomic E-state index is 12.8. The van der Waals surface area contributed by atoms with Gasteiger partial charge in [0.2, 0.25) is 0 Å². The van der Waals surface area contributed by atoms with E-state index in [9.17, 15) is 18.0 Å². The molecule has 144 valence electrons. The second-order valence-electron chi connectivity index (χ2n) is 6.24. The highest BCUT2D eigenvalue weighted by Gasteiger charge is 2.31. The summed E-state index contributed by atoms with van der Waals surface area (Å²) in [6.45, 7) is 2.67. The van der Waals surface area contributed by atoms with Crippen LogP contribution in [-0.2, 0) is 10.9 Å². The monoisotopic (exact) mass is 379 g/mol. The van der Waals surface area contributed by atoms with Gasteiger partial charge in [-0.15, -0.1) is 0 Å². The lowest BCUT2D eigenvalue weighted by Gasteiger charge is -2.35. The smallest absolute Gasteiger partial charge is 0.379 e. The predicted molar refractivity (Wildman–Crippen MR) is 93.1 cm³/mol. The van der Waals surface area contributed by atoms with E-state index in [1.54, 1.807) is 18.3 Å². The van der Waals surface area contributed by atoms with E-state index in [2.05, 4.69) is 15.2 Å². The van der Waals surface area contributed by atoms with E-state index in [0.717, 1.165) is 17.7 Å². The molecular weight excluding hydrogens is 359 g/mol. The second kappa shape index (κ2) is 8.49. The zero-order valence-electron chi connectivity index (χ0n) is 14.6. The van der Waals surface area contributed by atoms with Crippen molar-refractivity contribution in [1.29, 1.82) is 0 Å². The average Bonchev–Trinajstić information content (AvgIpc) is 2.69. The van der Waals surface area contributed by atoms with Crippen LogP contribution in [0.4, 0.5) is 13.2 Å². The molecule has 1 aliphatic rings. The summed E-state index contributed by atoms with van der Waals surface area (Å²) in [4.78, 5) is 18.3. The van der Waals surface area contributed by atoms with Crippen LogP contribution < -0.4 is 5.32 Å². The van der Waals surface area contributed by atoms with Gasteiger partial charge in [0.1, 0.15) is 0 Å². The summed E-state index contributed by atoms with van der Waals surface area (Å²) in [5.41, 5.74) is 0.466. The second-order valence-corrected chi connectivity index (χ2v) is 6.24. The number of benzene rings is 1. The van der Waals surface area contributed by atoms with E-state index in [1.165, 1.54) is 18.3 Å². The van der Waals surface area contributed by atoms with Crippen molar-refractivity contribution in [3.8, 4) is 0 Å². The van der Waals surface area contributed by atoms with E-state index in [0.29, 0.717) is 31.9 Å². The van der Waals surface area contributed by atoms with E-state index >= 15 is 0 Å². The molecule has 1 atom stereocenters. The highest BCUT2D eigenvalue weighted by Crippen LogP contribution is 2.31. The van der Waals surface area contributed by atoms with Crippen molar-refractivity contribution in [3.05, 3.63) is 65.5 Å². The Morgan fingerprint density at radius 3 is 2.48 bits per heavy atom. The summed E-state index contributed by atoms with van der Waals surface area (Å²) >= 11 is 0. The Bertz CT molecular complexity index is 745. The lowest BCUT2D eigenvalue weighted by atomic mass is 10.0. The Balaban J connectivity index is 1.75. The Morgan fingerprint density at radius 1 is 1.19 bits per heavy atom. The van der Waals surface area contributed by atoms with Gasteiger partial charge in [0.15, 0.2) is 0 Å². The van der Waals surface area contributed by atoms with Gasteiger partial charge in [0.05, 0.1) is 30.4 Å². The normalized spacial score (nSPS) is 16.7. The van der Waals surface area contributed by atoms with Crippen LogP contribution in [0.2, 0.25) is 0 Å². The van der Waals surface area contributed by atoms with Crippen molar-refractivity contribution in [1.82, 2.24) is 15.2 Å². The Morgan fingerprint density at radius 2 is 1.89 bits per heavy atom. The van der Waals surface area contributed by atoms with Gasteiger partial charge < -0.3 is 10.1 Å². The van der Waals surface area contributed by atoms with Crippen molar-refractivity contribution in [2.45, 2.75) is 12.2 Å². The number of rotatable bonds is 5. The molecule has 1 N–H and O–H groups in total. The van der Waals surface area contributed by atoms with Crippen LogP contribution in [0.25, 0.3) is 0 Å². The molecule has 1 aliphatic heterocycles. The highest BCUT2D eigenvalue weighted by atomic mass is 19.4. The predicted octanol–water partition coefficient (Wildman–Crippen LogP) is 2.90. The van der Waals surface area contributed by atoms with Crippen LogP contribution in [0.15, 0.2) is 48.8 Å². The minimum Gasteiger partial charge on any atom is -0.379 e. The van der Waals surface area contributed by atoms with Crippen LogP contribution in [0, 0.1) is 0 Å². The van der Waals surface area contributed by atoms with Crippen LogP contribution in [0.5, 0.6) is 0 Å². The standard InChI is InChI=1S/C19H20F3N3O2/c20-19(21,22)16-5-3-14(4-6-16)17(25-8-10-27-11-9-25)13-24-18(26)15-2-1-7-23-12-15/h1-7,12,17H,8-11,13H2,(H,24,26)/t17-/m0/s1. The number of halogens is 3. The summed E-state index contributed by atoms with van der Waals surface area (Å²) in [6, 6.07) is 8.18. The fourth-order valence-electron chi connectivity index (χ4n) is 3.03. The number of morpholine rings is 1. The first-order valence-corrected chi connectivity index (χ1v) is 8.62. The number of amides is 1. The highest BCUT2D eigenvalue weighted by molar-refractivity contribution is 5.93. The number of alkyl halides is 3. The number of nitrogens with zero attached hydrogens (tertiary/aromatic N) is 2. The van der Waals surface area contributed by atoms with Crippen molar-refractivity contribution in [2.75, 3.05) is 32.8 Å². The Hall–Kier alpha value is -2.45. The zero-order valence-corrected chi connectivity index (χ0v) is 14.6. The fourth-order valence-corrected chi connectivity index (χ4v) is 3.03. The van der Waals surface area contributed by atoms with Crippen molar-refractivity contribution >= 4 is 5.91 Å². The number of pyridine rings is 1. The first-order chi connectivity index (χ1) is 12.9. The van der Waals surface area contributed by atoms with E-state index in [-0.39, 0.29) is 18.5 Å². The molecule has 1 aromatic carbocycles. The maximum atomic E-state index is 12.8. The van der Waals surface area contributed by atoms with Gasteiger partial charge >= 0.3 is 6.18 Å². The lowest BCUT2D eigenvalue weighted by Crippen LogP contribution is -2.43. The minimum absolute atomic E-state index is 0.239. The van der Waals surface area contributed by atoms with Gasteiger partial charge in [0, 0.05) is 32.0 Å². The van der Waals surface area contributed by atoms with Crippen molar-refractivity contribution in [3.63, 3.8) is 0 Å². The molecule has 0 bridgehead atoms. The van der Waals surface area contributed by atoms with Crippen molar-refractivity contribution in [2.24, 2.45) is 0 Å². The molecule has 0 radical (unpaired) electrons. The molecule has 8 heteroatoms.